The van der Waals surface area contributed by atoms with Gasteiger partial charge in [-0.1, -0.05) is 24.3 Å². The molecule has 0 saturated heterocycles. The second-order valence-electron chi connectivity index (χ2n) is 9.59. The second-order valence-corrected chi connectivity index (χ2v) is 11.5. The number of nitrogens with one attached hydrogen (secondary N) is 1. The quantitative estimate of drug-likeness (QED) is 0.462. The third-order valence-electron chi connectivity index (χ3n) is 6.23. The molecular formula is C28H32N2O6S. The normalized spacial score (nSPS) is 16.2. The Bertz CT molecular complexity index is 1390. The smallest absolute Gasteiger partial charge is 0.264 e. The van der Waals surface area contributed by atoms with Gasteiger partial charge in [0.25, 0.3) is 10.0 Å². The highest BCUT2D eigenvalue weighted by Crippen LogP contribution is 2.41. The lowest BCUT2D eigenvalue weighted by atomic mass is 9.89. The van der Waals surface area contributed by atoms with Crippen LogP contribution < -0.4 is 23.8 Å². The fourth-order valence-corrected chi connectivity index (χ4v) is 5.92. The van der Waals surface area contributed by atoms with Crippen molar-refractivity contribution < 1.29 is 27.4 Å². The molecule has 0 spiro atoms. The summed E-state index contributed by atoms with van der Waals surface area (Å²) in [6, 6.07) is 18.3. The van der Waals surface area contributed by atoms with Gasteiger partial charge in [0.2, 0.25) is 5.91 Å². The lowest BCUT2D eigenvalue weighted by Crippen LogP contribution is -2.45. The van der Waals surface area contributed by atoms with E-state index in [1.54, 1.807) is 43.5 Å². The molecule has 1 aliphatic heterocycles. The van der Waals surface area contributed by atoms with Crippen LogP contribution in [0.5, 0.6) is 17.2 Å². The van der Waals surface area contributed by atoms with E-state index in [2.05, 4.69) is 5.32 Å². The number of benzene rings is 3. The molecule has 0 aliphatic carbocycles. The van der Waals surface area contributed by atoms with E-state index in [4.69, 9.17) is 14.2 Å². The molecule has 4 rings (SSSR count). The summed E-state index contributed by atoms with van der Waals surface area (Å²) in [6.45, 7) is 5.31. The number of ether oxygens (including phenoxy) is 3. The summed E-state index contributed by atoms with van der Waals surface area (Å²) in [5.74, 6) is 1.17. The molecule has 1 heterocycles. The number of rotatable bonds is 8. The van der Waals surface area contributed by atoms with Gasteiger partial charge in [0.05, 0.1) is 30.8 Å². The van der Waals surface area contributed by atoms with E-state index < -0.39 is 28.1 Å². The second kappa shape index (κ2) is 10.3. The Hall–Kier alpha value is -3.72. The van der Waals surface area contributed by atoms with Crippen molar-refractivity contribution in [3.8, 4) is 17.2 Å². The fourth-order valence-electron chi connectivity index (χ4n) is 4.47. The number of carbonyl (C=O) groups excluding carboxylic acids is 1. The first kappa shape index (κ1) is 26.3. The number of amides is 1. The fraction of sp³-hybridized carbons (Fsp3) is 0.321. The van der Waals surface area contributed by atoms with E-state index in [1.807, 2.05) is 39.0 Å². The first-order chi connectivity index (χ1) is 17.5. The van der Waals surface area contributed by atoms with Crippen LogP contribution in [0.15, 0.2) is 71.6 Å². The molecule has 0 saturated carbocycles. The summed E-state index contributed by atoms with van der Waals surface area (Å²) >= 11 is 0. The number of hydrogen-bond acceptors (Lipinski definition) is 6. The van der Waals surface area contributed by atoms with Gasteiger partial charge in [-0.25, -0.2) is 8.42 Å². The Morgan fingerprint density at radius 3 is 2.46 bits per heavy atom. The summed E-state index contributed by atoms with van der Waals surface area (Å²) in [5, 5.41) is 3.04. The minimum Gasteiger partial charge on any atom is -0.497 e. The summed E-state index contributed by atoms with van der Waals surface area (Å²) in [5.41, 5.74) is 1.38. The molecular weight excluding hydrogens is 492 g/mol. The van der Waals surface area contributed by atoms with Crippen LogP contribution in [0.2, 0.25) is 0 Å². The predicted octanol–water partition coefficient (Wildman–Crippen LogP) is 4.63. The third kappa shape index (κ3) is 5.67. The van der Waals surface area contributed by atoms with Crippen molar-refractivity contribution in [3.63, 3.8) is 0 Å². The average Bonchev–Trinajstić information content (AvgIpc) is 2.86. The van der Waals surface area contributed by atoms with Crippen molar-refractivity contribution in [3.05, 3.63) is 77.9 Å². The number of nitrogens with zero attached hydrogens (tertiary/aromatic N) is 1. The van der Waals surface area contributed by atoms with E-state index >= 15 is 0 Å². The summed E-state index contributed by atoms with van der Waals surface area (Å²) in [6.07, 6.45) is 0.511. The SMILES string of the molecule is COc1ccc2c(c1)OC(C)(C)CC2NC(=O)CN(c1cc(C)ccc1OC)S(=O)(=O)c1ccccc1. The molecule has 1 aliphatic rings. The first-order valence-corrected chi connectivity index (χ1v) is 13.4. The minimum absolute atomic E-state index is 0.0796. The van der Waals surface area contributed by atoms with Gasteiger partial charge in [0.15, 0.2) is 0 Å². The zero-order chi connectivity index (χ0) is 26.8. The molecule has 0 aromatic heterocycles. The average molecular weight is 525 g/mol. The van der Waals surface area contributed by atoms with Crippen LogP contribution in [-0.4, -0.2) is 40.7 Å². The number of hydrogen-bond donors (Lipinski definition) is 1. The van der Waals surface area contributed by atoms with E-state index in [-0.39, 0.29) is 10.9 Å². The Morgan fingerprint density at radius 2 is 1.78 bits per heavy atom. The number of aryl methyl sites for hydroxylation is 1. The zero-order valence-corrected chi connectivity index (χ0v) is 22.5. The van der Waals surface area contributed by atoms with Crippen LogP contribution in [0.1, 0.15) is 37.4 Å². The van der Waals surface area contributed by atoms with Crippen LogP contribution in [0.3, 0.4) is 0 Å². The largest absolute Gasteiger partial charge is 0.497 e. The van der Waals surface area contributed by atoms with Gasteiger partial charge in [-0.15, -0.1) is 0 Å². The highest BCUT2D eigenvalue weighted by Gasteiger charge is 2.36. The molecule has 37 heavy (non-hydrogen) atoms. The van der Waals surface area contributed by atoms with Crippen LogP contribution in [0, 0.1) is 6.92 Å². The van der Waals surface area contributed by atoms with Crippen molar-refractivity contribution in [2.45, 2.75) is 43.7 Å². The van der Waals surface area contributed by atoms with Gasteiger partial charge in [-0.05, 0) is 62.7 Å². The van der Waals surface area contributed by atoms with Crippen LogP contribution in [0.25, 0.3) is 0 Å². The van der Waals surface area contributed by atoms with Crippen molar-refractivity contribution >= 4 is 21.6 Å². The van der Waals surface area contributed by atoms with Gasteiger partial charge >= 0.3 is 0 Å². The lowest BCUT2D eigenvalue weighted by Gasteiger charge is -2.38. The molecule has 1 atom stereocenters. The monoisotopic (exact) mass is 524 g/mol. The van der Waals surface area contributed by atoms with Gasteiger partial charge in [0, 0.05) is 18.1 Å². The molecule has 9 heteroatoms. The maximum Gasteiger partial charge on any atom is 0.264 e. The summed E-state index contributed by atoms with van der Waals surface area (Å²) < 4.78 is 45.6. The Balaban J connectivity index is 1.69. The van der Waals surface area contributed by atoms with Gasteiger partial charge in [0.1, 0.15) is 29.4 Å². The van der Waals surface area contributed by atoms with E-state index in [1.165, 1.54) is 19.2 Å². The summed E-state index contributed by atoms with van der Waals surface area (Å²) in [4.78, 5) is 13.6. The number of fused-ring (bicyclic) bond motifs is 1. The molecule has 1 unspecified atom stereocenters. The molecule has 0 bridgehead atoms. The highest BCUT2D eigenvalue weighted by atomic mass is 32.2. The van der Waals surface area contributed by atoms with Crippen LogP contribution in [0.4, 0.5) is 5.69 Å². The molecule has 0 radical (unpaired) electrons. The Morgan fingerprint density at radius 1 is 1.05 bits per heavy atom. The standard InChI is InChI=1S/C28H32N2O6S/c1-19-11-14-25(35-5)24(15-19)30(37(32,33)21-9-7-6-8-10-21)18-27(31)29-23-17-28(2,3)36-26-16-20(34-4)12-13-22(23)26/h6-16,23H,17-18H2,1-5H3,(H,29,31). The number of anilines is 1. The molecule has 1 N–H and O–H groups in total. The molecule has 3 aromatic carbocycles. The van der Waals surface area contributed by atoms with Crippen molar-refractivity contribution in [1.82, 2.24) is 5.32 Å². The van der Waals surface area contributed by atoms with E-state index in [0.29, 0.717) is 29.4 Å². The molecule has 8 nitrogen and oxygen atoms in total. The minimum atomic E-state index is -4.08. The molecule has 3 aromatic rings. The predicted molar refractivity (Wildman–Crippen MR) is 142 cm³/mol. The van der Waals surface area contributed by atoms with Gasteiger partial charge < -0.3 is 19.5 Å². The summed E-state index contributed by atoms with van der Waals surface area (Å²) in [7, 11) is -1.03. The maximum atomic E-state index is 13.8. The van der Waals surface area contributed by atoms with Crippen molar-refractivity contribution in [2.75, 3.05) is 25.1 Å². The number of methoxy groups -OCH3 is 2. The molecule has 0 fully saturated rings. The lowest BCUT2D eigenvalue weighted by molar-refractivity contribution is -0.120. The number of carbonyl (C=O) groups is 1. The van der Waals surface area contributed by atoms with E-state index in [9.17, 15) is 13.2 Å². The van der Waals surface area contributed by atoms with E-state index in [0.717, 1.165) is 15.4 Å². The van der Waals surface area contributed by atoms with Gasteiger partial charge in [-0.3, -0.25) is 9.10 Å². The van der Waals surface area contributed by atoms with Gasteiger partial charge in [-0.2, -0.15) is 0 Å². The topological polar surface area (TPSA) is 94.2 Å². The van der Waals surface area contributed by atoms with Crippen LogP contribution >= 0.6 is 0 Å². The number of sulfonamides is 1. The van der Waals surface area contributed by atoms with Crippen molar-refractivity contribution in [1.29, 1.82) is 0 Å². The molecule has 196 valence electrons. The van der Waals surface area contributed by atoms with Crippen LogP contribution in [-0.2, 0) is 14.8 Å². The third-order valence-corrected chi connectivity index (χ3v) is 8.01. The first-order valence-electron chi connectivity index (χ1n) is 11.9. The highest BCUT2D eigenvalue weighted by molar-refractivity contribution is 7.92. The zero-order valence-electron chi connectivity index (χ0n) is 21.6. The van der Waals surface area contributed by atoms with Crippen molar-refractivity contribution in [2.24, 2.45) is 0 Å². The Labute approximate surface area is 218 Å². The Kier molecular flexibility index (Phi) is 7.36. The maximum absolute atomic E-state index is 13.8. The molecule has 1 amide bonds.